The minimum atomic E-state index is -0.148. The Kier molecular flexibility index (Phi) is 4.02. The second-order valence-corrected chi connectivity index (χ2v) is 5.42. The lowest BCUT2D eigenvalue weighted by Gasteiger charge is -2.20. The SMILES string of the molecule is COc1ccc(C2=NN(C(C)=O)[C@@H](c3ccccc3)C2)c(O)c1. The number of phenolic OH excluding ortho intramolecular Hbond substituents is 1. The van der Waals surface area contributed by atoms with Crippen LogP contribution in [0.2, 0.25) is 0 Å². The monoisotopic (exact) mass is 310 g/mol. The summed E-state index contributed by atoms with van der Waals surface area (Å²) in [5.41, 5.74) is 2.33. The number of amides is 1. The van der Waals surface area contributed by atoms with E-state index in [0.717, 1.165) is 5.56 Å². The molecular weight excluding hydrogens is 292 g/mol. The lowest BCUT2D eigenvalue weighted by atomic mass is 9.98. The Hall–Kier alpha value is -2.82. The van der Waals surface area contributed by atoms with Gasteiger partial charge in [-0.2, -0.15) is 5.10 Å². The van der Waals surface area contributed by atoms with Gasteiger partial charge in [0.05, 0.1) is 18.9 Å². The van der Waals surface area contributed by atoms with Crippen molar-refractivity contribution in [3.8, 4) is 11.5 Å². The fourth-order valence-electron chi connectivity index (χ4n) is 2.78. The maximum atomic E-state index is 11.9. The minimum absolute atomic E-state index is 0.0975. The molecule has 3 rings (SSSR count). The molecule has 2 aromatic rings. The smallest absolute Gasteiger partial charge is 0.240 e. The zero-order valence-corrected chi connectivity index (χ0v) is 13.1. The average Bonchev–Trinajstić information content (AvgIpc) is 3.00. The Morgan fingerprint density at radius 3 is 2.61 bits per heavy atom. The summed E-state index contributed by atoms with van der Waals surface area (Å²) in [6.07, 6.45) is 0.559. The number of aromatic hydroxyl groups is 1. The molecule has 23 heavy (non-hydrogen) atoms. The third-order valence-corrected chi connectivity index (χ3v) is 3.93. The number of phenols is 1. The van der Waals surface area contributed by atoms with Crippen LogP contribution in [0.3, 0.4) is 0 Å². The van der Waals surface area contributed by atoms with Crippen molar-refractivity contribution in [1.29, 1.82) is 0 Å². The number of nitrogens with zero attached hydrogens (tertiary/aromatic N) is 2. The fourth-order valence-corrected chi connectivity index (χ4v) is 2.78. The van der Waals surface area contributed by atoms with Crippen molar-refractivity contribution in [2.24, 2.45) is 5.10 Å². The molecule has 0 saturated carbocycles. The zero-order valence-electron chi connectivity index (χ0n) is 13.1. The summed E-state index contributed by atoms with van der Waals surface area (Å²) in [5.74, 6) is 0.551. The highest BCUT2D eigenvalue weighted by molar-refractivity contribution is 6.05. The van der Waals surface area contributed by atoms with Gasteiger partial charge in [0.25, 0.3) is 0 Å². The first-order valence-electron chi connectivity index (χ1n) is 7.39. The Morgan fingerprint density at radius 1 is 1.26 bits per heavy atom. The Balaban J connectivity index is 1.96. The molecule has 1 heterocycles. The molecule has 0 spiro atoms. The number of carbonyl (C=O) groups excluding carboxylic acids is 1. The number of hydrazone groups is 1. The van der Waals surface area contributed by atoms with Crippen molar-refractivity contribution >= 4 is 11.6 Å². The van der Waals surface area contributed by atoms with Crippen LogP contribution in [-0.2, 0) is 4.79 Å². The van der Waals surface area contributed by atoms with Gasteiger partial charge in [0, 0.05) is 25.0 Å². The van der Waals surface area contributed by atoms with Crippen LogP contribution in [0.1, 0.15) is 30.5 Å². The molecule has 1 aliphatic rings. The normalized spacial score (nSPS) is 17.0. The number of benzene rings is 2. The summed E-state index contributed by atoms with van der Waals surface area (Å²) < 4.78 is 5.10. The van der Waals surface area contributed by atoms with Crippen molar-refractivity contribution < 1.29 is 14.6 Å². The van der Waals surface area contributed by atoms with E-state index in [-0.39, 0.29) is 17.7 Å². The summed E-state index contributed by atoms with van der Waals surface area (Å²) in [7, 11) is 1.55. The number of rotatable bonds is 3. The molecule has 1 aliphatic heterocycles. The van der Waals surface area contributed by atoms with Crippen LogP contribution >= 0.6 is 0 Å². The van der Waals surface area contributed by atoms with Crippen LogP contribution in [-0.4, -0.2) is 28.8 Å². The maximum Gasteiger partial charge on any atom is 0.240 e. The molecule has 0 aliphatic carbocycles. The van der Waals surface area contributed by atoms with E-state index in [2.05, 4.69) is 5.10 Å². The molecule has 118 valence electrons. The van der Waals surface area contributed by atoms with Crippen molar-refractivity contribution in [3.63, 3.8) is 0 Å². The summed E-state index contributed by atoms with van der Waals surface area (Å²) in [5, 5.41) is 16.1. The van der Waals surface area contributed by atoms with Gasteiger partial charge in [0.2, 0.25) is 5.91 Å². The number of methoxy groups -OCH3 is 1. The topological polar surface area (TPSA) is 62.1 Å². The summed E-state index contributed by atoms with van der Waals surface area (Å²) in [6.45, 7) is 1.50. The van der Waals surface area contributed by atoms with E-state index in [0.29, 0.717) is 23.4 Å². The van der Waals surface area contributed by atoms with Crippen molar-refractivity contribution in [2.75, 3.05) is 7.11 Å². The Morgan fingerprint density at radius 2 is 2.00 bits per heavy atom. The first-order chi connectivity index (χ1) is 11.1. The third kappa shape index (κ3) is 2.90. The molecule has 1 atom stereocenters. The summed E-state index contributed by atoms with van der Waals surface area (Å²) >= 11 is 0. The Labute approximate surface area is 134 Å². The largest absolute Gasteiger partial charge is 0.507 e. The quantitative estimate of drug-likeness (QED) is 0.947. The molecule has 1 amide bonds. The van der Waals surface area contributed by atoms with Crippen LogP contribution in [0.25, 0.3) is 0 Å². The van der Waals surface area contributed by atoms with Crippen molar-refractivity contribution in [2.45, 2.75) is 19.4 Å². The average molecular weight is 310 g/mol. The summed E-state index contributed by atoms with van der Waals surface area (Å²) in [6, 6.07) is 14.7. The van der Waals surface area contributed by atoms with Gasteiger partial charge in [-0.25, -0.2) is 5.01 Å². The highest BCUT2D eigenvalue weighted by atomic mass is 16.5. The lowest BCUT2D eigenvalue weighted by Crippen LogP contribution is -2.24. The molecule has 5 nitrogen and oxygen atoms in total. The standard InChI is InChI=1S/C18H18N2O3/c1-12(21)20-17(13-6-4-3-5-7-13)11-16(19-20)15-9-8-14(23-2)10-18(15)22/h3-10,17,22H,11H2,1-2H3/t17-/m1/s1. The summed E-state index contributed by atoms with van der Waals surface area (Å²) in [4.78, 5) is 11.9. The van der Waals surface area contributed by atoms with E-state index in [1.54, 1.807) is 25.3 Å². The van der Waals surface area contributed by atoms with Gasteiger partial charge < -0.3 is 9.84 Å². The van der Waals surface area contributed by atoms with Gasteiger partial charge >= 0.3 is 0 Å². The zero-order chi connectivity index (χ0) is 16.4. The van der Waals surface area contributed by atoms with Crippen LogP contribution in [0.4, 0.5) is 0 Å². The lowest BCUT2D eigenvalue weighted by molar-refractivity contribution is -0.130. The number of hydrogen-bond acceptors (Lipinski definition) is 4. The first-order valence-corrected chi connectivity index (χ1v) is 7.39. The molecule has 0 unspecified atom stereocenters. The van der Waals surface area contributed by atoms with Gasteiger partial charge in [0.1, 0.15) is 11.5 Å². The molecule has 0 bridgehead atoms. The number of hydrogen-bond donors (Lipinski definition) is 1. The van der Waals surface area contributed by atoms with Crippen LogP contribution in [0.15, 0.2) is 53.6 Å². The van der Waals surface area contributed by atoms with Crippen LogP contribution in [0.5, 0.6) is 11.5 Å². The van der Waals surface area contributed by atoms with Crippen molar-refractivity contribution in [3.05, 3.63) is 59.7 Å². The predicted octanol–water partition coefficient (Wildman–Crippen LogP) is 3.10. The second-order valence-electron chi connectivity index (χ2n) is 5.42. The first kappa shape index (κ1) is 15.1. The van der Waals surface area contributed by atoms with Crippen LogP contribution in [0, 0.1) is 0 Å². The van der Waals surface area contributed by atoms with E-state index >= 15 is 0 Å². The van der Waals surface area contributed by atoms with Gasteiger partial charge in [-0.3, -0.25) is 4.79 Å². The molecule has 1 N–H and O–H groups in total. The van der Waals surface area contributed by atoms with E-state index < -0.39 is 0 Å². The van der Waals surface area contributed by atoms with Gasteiger partial charge in [-0.1, -0.05) is 30.3 Å². The number of carbonyl (C=O) groups is 1. The third-order valence-electron chi connectivity index (χ3n) is 3.93. The minimum Gasteiger partial charge on any atom is -0.507 e. The van der Waals surface area contributed by atoms with Gasteiger partial charge in [0.15, 0.2) is 0 Å². The number of ether oxygens (including phenoxy) is 1. The molecule has 0 saturated heterocycles. The van der Waals surface area contributed by atoms with E-state index in [4.69, 9.17) is 4.74 Å². The highest BCUT2D eigenvalue weighted by Gasteiger charge is 2.32. The van der Waals surface area contributed by atoms with Gasteiger partial charge in [-0.05, 0) is 17.7 Å². The molecule has 0 aromatic heterocycles. The van der Waals surface area contributed by atoms with Crippen LogP contribution < -0.4 is 4.74 Å². The molecule has 5 heteroatoms. The van der Waals surface area contributed by atoms with E-state index in [9.17, 15) is 9.90 Å². The fraction of sp³-hybridized carbons (Fsp3) is 0.222. The van der Waals surface area contributed by atoms with Crippen molar-refractivity contribution in [1.82, 2.24) is 5.01 Å². The predicted molar refractivity (Wildman–Crippen MR) is 87.5 cm³/mol. The molecule has 0 fully saturated rings. The highest BCUT2D eigenvalue weighted by Crippen LogP contribution is 2.35. The maximum absolute atomic E-state index is 11.9. The van der Waals surface area contributed by atoms with Gasteiger partial charge in [-0.15, -0.1) is 0 Å². The van der Waals surface area contributed by atoms with E-state index in [1.807, 2.05) is 30.3 Å². The molecule has 2 aromatic carbocycles. The Bertz CT molecular complexity index is 756. The second kappa shape index (κ2) is 6.12. The van der Waals surface area contributed by atoms with E-state index in [1.165, 1.54) is 11.9 Å². The molecular formula is C18H18N2O3. The molecule has 0 radical (unpaired) electrons.